The maximum atomic E-state index is 11.9. The molecule has 20 heavy (non-hydrogen) atoms. The highest BCUT2D eigenvalue weighted by Gasteiger charge is 2.27. The molecule has 1 fully saturated rings. The summed E-state index contributed by atoms with van der Waals surface area (Å²) in [5.74, 6) is 0.0368. The summed E-state index contributed by atoms with van der Waals surface area (Å²) in [6.45, 7) is 9.22. The summed E-state index contributed by atoms with van der Waals surface area (Å²) in [6, 6.07) is 0. The molecular formula is C14H26N2O4. The zero-order valence-electron chi connectivity index (χ0n) is 12.9. The maximum absolute atomic E-state index is 11.9. The third-order valence-electron chi connectivity index (χ3n) is 3.06. The molecule has 0 radical (unpaired) electrons. The topological polar surface area (TPSA) is 70.1 Å². The van der Waals surface area contributed by atoms with Crippen molar-refractivity contribution in [1.29, 1.82) is 0 Å². The van der Waals surface area contributed by atoms with Crippen LogP contribution >= 0.6 is 0 Å². The Balaban J connectivity index is 2.36. The van der Waals surface area contributed by atoms with Gasteiger partial charge < -0.3 is 19.6 Å². The quantitative estimate of drug-likeness (QED) is 0.847. The fourth-order valence-corrected chi connectivity index (χ4v) is 1.96. The molecule has 1 atom stereocenters. The smallest absolute Gasteiger partial charge is 0.410 e. The first-order chi connectivity index (χ1) is 9.19. The highest BCUT2D eigenvalue weighted by atomic mass is 16.6. The number of aliphatic hydroxyl groups is 1. The minimum atomic E-state index is -0.499. The van der Waals surface area contributed by atoms with Crippen LogP contribution in [0.2, 0.25) is 0 Å². The lowest BCUT2D eigenvalue weighted by molar-refractivity contribution is -0.133. The molecule has 0 spiro atoms. The van der Waals surface area contributed by atoms with Crippen molar-refractivity contribution < 1.29 is 19.4 Å². The average Bonchev–Trinajstić information content (AvgIpc) is 2.34. The van der Waals surface area contributed by atoms with E-state index in [1.165, 1.54) is 0 Å². The zero-order valence-corrected chi connectivity index (χ0v) is 12.9. The lowest BCUT2D eigenvalue weighted by atomic mass is 10.2. The molecule has 1 aliphatic rings. The number of amides is 2. The van der Waals surface area contributed by atoms with Gasteiger partial charge in [-0.1, -0.05) is 0 Å². The summed E-state index contributed by atoms with van der Waals surface area (Å²) in [5, 5.41) is 9.18. The van der Waals surface area contributed by atoms with Crippen LogP contribution in [0, 0.1) is 0 Å². The highest BCUT2D eigenvalue weighted by Crippen LogP contribution is 2.12. The van der Waals surface area contributed by atoms with E-state index >= 15 is 0 Å². The molecule has 0 bridgehead atoms. The molecule has 6 heteroatoms. The first-order valence-corrected chi connectivity index (χ1v) is 7.13. The van der Waals surface area contributed by atoms with Crippen molar-refractivity contribution in [2.24, 2.45) is 0 Å². The fraction of sp³-hybridized carbons (Fsp3) is 0.857. The Morgan fingerprint density at radius 2 is 1.65 bits per heavy atom. The average molecular weight is 286 g/mol. The molecule has 1 aliphatic heterocycles. The lowest BCUT2D eigenvalue weighted by Crippen LogP contribution is -2.51. The normalized spacial score (nSPS) is 17.9. The van der Waals surface area contributed by atoms with Crippen LogP contribution in [-0.4, -0.2) is 64.8 Å². The van der Waals surface area contributed by atoms with Gasteiger partial charge in [-0.05, 0) is 34.1 Å². The minimum absolute atomic E-state index is 0.0368. The van der Waals surface area contributed by atoms with E-state index in [-0.39, 0.29) is 12.0 Å². The summed E-state index contributed by atoms with van der Waals surface area (Å²) >= 11 is 0. The highest BCUT2D eigenvalue weighted by molar-refractivity contribution is 5.76. The van der Waals surface area contributed by atoms with Crippen LogP contribution in [-0.2, 0) is 9.53 Å². The maximum Gasteiger partial charge on any atom is 0.410 e. The van der Waals surface area contributed by atoms with Crippen molar-refractivity contribution in [2.45, 2.75) is 52.2 Å². The number of hydrogen-bond donors (Lipinski definition) is 1. The van der Waals surface area contributed by atoms with E-state index < -0.39 is 11.7 Å². The molecule has 2 amide bonds. The SMILES string of the molecule is CC(O)CCC(=O)N1CCN(C(=O)OC(C)(C)C)CC1. The number of piperazine rings is 1. The number of rotatable bonds is 3. The van der Waals surface area contributed by atoms with Crippen LogP contribution in [0.1, 0.15) is 40.5 Å². The molecule has 1 N–H and O–H groups in total. The van der Waals surface area contributed by atoms with Gasteiger partial charge in [0.25, 0.3) is 0 Å². The molecule has 116 valence electrons. The minimum Gasteiger partial charge on any atom is -0.444 e. The van der Waals surface area contributed by atoms with Gasteiger partial charge in [0.15, 0.2) is 0 Å². The van der Waals surface area contributed by atoms with E-state index in [4.69, 9.17) is 4.74 Å². The fourth-order valence-electron chi connectivity index (χ4n) is 1.96. The predicted octanol–water partition coefficient (Wildman–Crippen LogP) is 1.23. The van der Waals surface area contributed by atoms with Crippen LogP contribution in [0.15, 0.2) is 0 Å². The number of carbonyl (C=O) groups is 2. The van der Waals surface area contributed by atoms with Crippen LogP contribution < -0.4 is 0 Å². The zero-order chi connectivity index (χ0) is 15.3. The van der Waals surface area contributed by atoms with Crippen molar-refractivity contribution in [3.63, 3.8) is 0 Å². The Morgan fingerprint density at radius 3 is 2.10 bits per heavy atom. The lowest BCUT2D eigenvalue weighted by Gasteiger charge is -2.35. The molecule has 0 saturated carbocycles. The van der Waals surface area contributed by atoms with Crippen molar-refractivity contribution >= 4 is 12.0 Å². The number of hydrogen-bond acceptors (Lipinski definition) is 4. The van der Waals surface area contributed by atoms with Gasteiger partial charge in [0.1, 0.15) is 5.60 Å². The van der Waals surface area contributed by atoms with Crippen LogP contribution in [0.5, 0.6) is 0 Å². The summed E-state index contributed by atoms with van der Waals surface area (Å²) in [6.07, 6.45) is 0.0467. The first kappa shape index (κ1) is 16.8. The standard InChI is InChI=1S/C14H26N2O4/c1-11(17)5-6-12(18)15-7-9-16(10-8-15)13(19)20-14(2,3)4/h11,17H,5-10H2,1-4H3. The van der Waals surface area contributed by atoms with E-state index in [2.05, 4.69) is 0 Å². The third kappa shape index (κ3) is 5.77. The molecule has 1 heterocycles. The van der Waals surface area contributed by atoms with E-state index in [9.17, 15) is 14.7 Å². The van der Waals surface area contributed by atoms with Gasteiger partial charge in [0.2, 0.25) is 5.91 Å². The molecular weight excluding hydrogens is 260 g/mol. The van der Waals surface area contributed by atoms with Crippen molar-refractivity contribution in [3.05, 3.63) is 0 Å². The monoisotopic (exact) mass is 286 g/mol. The summed E-state index contributed by atoms with van der Waals surface area (Å²) in [5.41, 5.74) is -0.499. The third-order valence-corrected chi connectivity index (χ3v) is 3.06. The van der Waals surface area contributed by atoms with Crippen molar-refractivity contribution in [3.8, 4) is 0 Å². The molecule has 1 saturated heterocycles. The van der Waals surface area contributed by atoms with Crippen molar-refractivity contribution in [2.75, 3.05) is 26.2 Å². The Morgan fingerprint density at radius 1 is 1.15 bits per heavy atom. The van der Waals surface area contributed by atoms with E-state index in [1.807, 2.05) is 20.8 Å². The second-order valence-corrected chi connectivity index (χ2v) is 6.24. The summed E-state index contributed by atoms with van der Waals surface area (Å²) in [7, 11) is 0. The number of nitrogens with zero attached hydrogens (tertiary/aromatic N) is 2. The largest absolute Gasteiger partial charge is 0.444 e. The molecule has 6 nitrogen and oxygen atoms in total. The summed E-state index contributed by atoms with van der Waals surface area (Å²) < 4.78 is 5.30. The van der Waals surface area contributed by atoms with E-state index in [0.717, 1.165) is 0 Å². The predicted molar refractivity (Wildman–Crippen MR) is 75.3 cm³/mol. The Kier molecular flexibility index (Phi) is 5.80. The van der Waals surface area contributed by atoms with Gasteiger partial charge >= 0.3 is 6.09 Å². The second-order valence-electron chi connectivity index (χ2n) is 6.24. The van der Waals surface area contributed by atoms with Gasteiger partial charge in [-0.3, -0.25) is 4.79 Å². The van der Waals surface area contributed by atoms with Gasteiger partial charge in [0, 0.05) is 32.6 Å². The Bertz CT molecular complexity index is 342. The van der Waals surface area contributed by atoms with Crippen LogP contribution in [0.4, 0.5) is 4.79 Å². The van der Waals surface area contributed by atoms with Gasteiger partial charge in [-0.2, -0.15) is 0 Å². The van der Waals surface area contributed by atoms with Crippen LogP contribution in [0.3, 0.4) is 0 Å². The molecule has 0 aromatic carbocycles. The molecule has 0 aliphatic carbocycles. The molecule has 0 aromatic heterocycles. The van der Waals surface area contributed by atoms with E-state index in [0.29, 0.717) is 39.0 Å². The van der Waals surface area contributed by atoms with Crippen LogP contribution in [0.25, 0.3) is 0 Å². The Labute approximate surface area is 120 Å². The summed E-state index contributed by atoms with van der Waals surface area (Å²) in [4.78, 5) is 27.1. The van der Waals surface area contributed by atoms with Gasteiger partial charge in [-0.15, -0.1) is 0 Å². The number of aliphatic hydroxyl groups excluding tert-OH is 1. The first-order valence-electron chi connectivity index (χ1n) is 7.13. The van der Waals surface area contributed by atoms with E-state index in [1.54, 1.807) is 16.7 Å². The Hall–Kier alpha value is -1.30. The number of ether oxygens (including phenoxy) is 1. The van der Waals surface area contributed by atoms with Gasteiger partial charge in [0.05, 0.1) is 6.10 Å². The number of carbonyl (C=O) groups excluding carboxylic acids is 2. The van der Waals surface area contributed by atoms with Crippen molar-refractivity contribution in [1.82, 2.24) is 9.80 Å². The van der Waals surface area contributed by atoms with Gasteiger partial charge in [-0.25, -0.2) is 4.79 Å². The second kappa shape index (κ2) is 6.92. The molecule has 1 unspecified atom stereocenters. The molecule has 0 aromatic rings. The molecule has 1 rings (SSSR count).